The lowest BCUT2D eigenvalue weighted by Crippen LogP contribution is -2.36. The number of aliphatic hydroxyl groups is 3. The first-order valence-corrected chi connectivity index (χ1v) is 4.15. The second kappa shape index (κ2) is 8.40. The van der Waals surface area contributed by atoms with Gasteiger partial charge in [-0.25, -0.2) is 0 Å². The summed E-state index contributed by atoms with van der Waals surface area (Å²) in [4.78, 5) is 0. The number of likely N-dealkylation sites (N-methyl/N-ethyl adjacent to an activating group) is 1. The van der Waals surface area contributed by atoms with Crippen LogP contribution in [-0.4, -0.2) is 73.4 Å². The van der Waals surface area contributed by atoms with E-state index in [2.05, 4.69) is 21.1 Å². The van der Waals surface area contributed by atoms with Crippen LogP contribution >= 0.6 is 0 Å². The Morgan fingerprint density at radius 2 is 1.69 bits per heavy atom. The topological polar surface area (TPSA) is 83.8 Å². The Hall–Kier alpha value is -0.200. The van der Waals surface area contributed by atoms with Gasteiger partial charge in [0.15, 0.2) is 0 Å². The maximum absolute atomic E-state index is 9.45. The van der Waals surface area contributed by atoms with Crippen LogP contribution in [0.4, 0.5) is 0 Å². The summed E-state index contributed by atoms with van der Waals surface area (Å²) in [5.74, 6) is 0. The predicted octanol–water partition coefficient (Wildman–Crippen LogP) is -2.62. The van der Waals surface area contributed by atoms with E-state index in [1.54, 1.807) is 0 Å². The van der Waals surface area contributed by atoms with Gasteiger partial charge in [-0.1, -0.05) is 0 Å². The number of hydrogen-bond acceptors (Lipinski definition) is 4. The minimum Gasteiger partial charge on any atom is -0.853 e. The molecular formula is C8H21NO4. The lowest BCUT2D eigenvalue weighted by Gasteiger charge is -2.21. The van der Waals surface area contributed by atoms with Gasteiger partial charge in [0.2, 0.25) is 0 Å². The normalized spacial score (nSPS) is 13.2. The zero-order valence-electron chi connectivity index (χ0n) is 8.60. The molecule has 0 fully saturated rings. The van der Waals surface area contributed by atoms with Crippen molar-refractivity contribution in [3.63, 3.8) is 0 Å². The van der Waals surface area contributed by atoms with Gasteiger partial charge in [0.1, 0.15) is 6.54 Å². The van der Waals surface area contributed by atoms with Crippen molar-refractivity contribution in [1.82, 2.24) is 0 Å². The Bertz CT molecular complexity index is 98.8. The van der Waals surface area contributed by atoms with Gasteiger partial charge in [0, 0.05) is 0 Å². The summed E-state index contributed by atoms with van der Waals surface area (Å²) in [7, 11) is 6.16. The van der Waals surface area contributed by atoms with E-state index in [4.69, 9.17) is 15.3 Å². The molecule has 0 aliphatic carbocycles. The molecule has 0 aromatic heterocycles. The Morgan fingerprint density at radius 3 is 1.69 bits per heavy atom. The number of rotatable bonds is 4. The van der Waals surface area contributed by atoms with E-state index in [0.717, 1.165) is 11.0 Å². The third-order valence-corrected chi connectivity index (χ3v) is 1.17. The average molecular weight is 195 g/mol. The van der Waals surface area contributed by atoms with E-state index in [1.165, 1.54) is 0 Å². The maximum atomic E-state index is 9.45. The summed E-state index contributed by atoms with van der Waals surface area (Å²) >= 11 is 0. The van der Waals surface area contributed by atoms with Crippen LogP contribution in [0.1, 0.15) is 0 Å². The van der Waals surface area contributed by atoms with Crippen molar-refractivity contribution in [1.29, 1.82) is 0 Å². The number of hydrogen-bond donors (Lipinski definition) is 3. The summed E-state index contributed by atoms with van der Waals surface area (Å²) in [5, 5.41) is 33.8. The first-order valence-electron chi connectivity index (χ1n) is 4.15. The van der Waals surface area contributed by atoms with Gasteiger partial charge in [-0.3, -0.25) is 0 Å². The van der Waals surface area contributed by atoms with Gasteiger partial charge in [0.25, 0.3) is 0 Å². The second-order valence-electron chi connectivity index (χ2n) is 3.74. The van der Waals surface area contributed by atoms with Gasteiger partial charge in [-0.2, -0.15) is 0 Å². The molecular weight excluding hydrogens is 174 g/mol. The molecule has 0 aliphatic rings. The van der Waals surface area contributed by atoms with Crippen molar-refractivity contribution in [3.05, 3.63) is 0 Å². The SMILES string of the molecule is C[N+](C)(C)CCO.[O-]CC(O)CO. The predicted molar refractivity (Wildman–Crippen MR) is 47.9 cm³/mol. The third-order valence-electron chi connectivity index (χ3n) is 1.17. The van der Waals surface area contributed by atoms with Crippen LogP contribution in [0, 0.1) is 0 Å². The van der Waals surface area contributed by atoms with Gasteiger partial charge >= 0.3 is 0 Å². The summed E-state index contributed by atoms with van der Waals surface area (Å²) in [6.07, 6.45) is -1.06. The highest BCUT2D eigenvalue weighted by Crippen LogP contribution is 1.84. The van der Waals surface area contributed by atoms with Crippen molar-refractivity contribution in [2.24, 2.45) is 0 Å². The van der Waals surface area contributed by atoms with Crippen molar-refractivity contribution in [3.8, 4) is 0 Å². The molecule has 82 valence electrons. The van der Waals surface area contributed by atoms with Crippen LogP contribution in [0.2, 0.25) is 0 Å². The summed E-state index contributed by atoms with van der Waals surface area (Å²) in [5.41, 5.74) is 0. The monoisotopic (exact) mass is 195 g/mol. The van der Waals surface area contributed by atoms with Gasteiger partial charge in [-0.05, 0) is 0 Å². The molecule has 0 rings (SSSR count). The Kier molecular flexibility index (Phi) is 9.87. The van der Waals surface area contributed by atoms with Gasteiger partial charge in [0.05, 0.1) is 40.5 Å². The molecule has 0 heterocycles. The lowest BCUT2D eigenvalue weighted by molar-refractivity contribution is -0.870. The Labute approximate surface area is 79.4 Å². The van der Waals surface area contributed by atoms with Crippen LogP contribution in [0.15, 0.2) is 0 Å². The minimum atomic E-state index is -1.06. The lowest BCUT2D eigenvalue weighted by atomic mass is 10.4. The summed E-state index contributed by atoms with van der Waals surface area (Å²) in [6.45, 7) is 0.0729. The smallest absolute Gasteiger partial charge is 0.101 e. The average Bonchev–Trinajstić information content (AvgIpc) is 2.02. The first-order chi connectivity index (χ1) is 5.87. The molecule has 0 saturated heterocycles. The molecule has 5 nitrogen and oxygen atoms in total. The highest BCUT2D eigenvalue weighted by atomic mass is 16.3. The molecule has 0 aliphatic heterocycles. The maximum Gasteiger partial charge on any atom is 0.101 e. The highest BCUT2D eigenvalue weighted by Gasteiger charge is 2.02. The molecule has 3 N–H and O–H groups in total. The third kappa shape index (κ3) is 18.6. The fourth-order valence-corrected chi connectivity index (χ4v) is 0.353. The molecule has 0 saturated carbocycles. The fraction of sp³-hybridized carbons (Fsp3) is 1.00. The summed E-state index contributed by atoms with van der Waals surface area (Å²) in [6, 6.07) is 0. The van der Waals surface area contributed by atoms with Crippen molar-refractivity contribution >= 4 is 0 Å². The van der Waals surface area contributed by atoms with Gasteiger partial charge < -0.3 is 24.9 Å². The first kappa shape index (κ1) is 15.3. The highest BCUT2D eigenvalue weighted by molar-refractivity contribution is 4.42. The molecule has 0 aromatic rings. The van der Waals surface area contributed by atoms with Gasteiger partial charge in [-0.15, -0.1) is 6.61 Å². The van der Waals surface area contributed by atoms with Crippen molar-refractivity contribution in [2.75, 3.05) is 47.5 Å². The molecule has 1 atom stereocenters. The number of quaternary nitrogens is 1. The zero-order chi connectivity index (χ0) is 10.9. The van der Waals surface area contributed by atoms with Crippen molar-refractivity contribution < 1.29 is 24.9 Å². The number of nitrogens with zero attached hydrogens (tertiary/aromatic N) is 1. The quantitative estimate of drug-likeness (QED) is 0.429. The van der Waals surface area contributed by atoms with E-state index in [0.29, 0.717) is 0 Å². The van der Waals surface area contributed by atoms with Crippen LogP contribution in [0.25, 0.3) is 0 Å². The molecule has 0 spiro atoms. The second-order valence-corrected chi connectivity index (χ2v) is 3.74. The Morgan fingerprint density at radius 1 is 1.23 bits per heavy atom. The molecule has 0 aromatic carbocycles. The van der Waals surface area contributed by atoms with E-state index in [-0.39, 0.29) is 6.61 Å². The molecule has 0 radical (unpaired) electrons. The van der Waals surface area contributed by atoms with Crippen LogP contribution in [0.5, 0.6) is 0 Å². The molecule has 0 amide bonds. The van der Waals surface area contributed by atoms with E-state index in [1.807, 2.05) is 0 Å². The molecule has 1 unspecified atom stereocenters. The van der Waals surface area contributed by atoms with E-state index >= 15 is 0 Å². The standard InChI is InChI=1S/C5H14NO.C3H7O3/c1-6(2,3)4-5-7;4-1-3(6)2-5/h7H,4-5H2,1-3H3;3-4,6H,1-2H2/q+1;-1. The fourth-order valence-electron chi connectivity index (χ4n) is 0.353. The zero-order valence-corrected chi connectivity index (χ0v) is 8.60. The van der Waals surface area contributed by atoms with Crippen LogP contribution in [0.3, 0.4) is 0 Å². The summed E-state index contributed by atoms with van der Waals surface area (Å²) < 4.78 is 0.844. The van der Waals surface area contributed by atoms with Crippen LogP contribution in [-0.2, 0) is 0 Å². The number of aliphatic hydroxyl groups excluding tert-OH is 3. The largest absolute Gasteiger partial charge is 0.853 e. The van der Waals surface area contributed by atoms with Crippen LogP contribution < -0.4 is 5.11 Å². The van der Waals surface area contributed by atoms with E-state index < -0.39 is 19.3 Å². The molecule has 13 heavy (non-hydrogen) atoms. The molecule has 0 bridgehead atoms. The van der Waals surface area contributed by atoms with E-state index in [9.17, 15) is 5.11 Å². The minimum absolute atomic E-state index is 0.281. The Balaban J connectivity index is 0. The molecule has 5 heteroatoms. The van der Waals surface area contributed by atoms with Crippen molar-refractivity contribution in [2.45, 2.75) is 6.10 Å².